The van der Waals surface area contributed by atoms with Crippen LogP contribution in [0.3, 0.4) is 0 Å². The third kappa shape index (κ3) is 8.14. The van der Waals surface area contributed by atoms with Crippen molar-refractivity contribution >= 4 is 17.5 Å². The first-order valence-corrected chi connectivity index (χ1v) is 10.4. The highest BCUT2D eigenvalue weighted by molar-refractivity contribution is 5.63. The van der Waals surface area contributed by atoms with Crippen molar-refractivity contribution in [3.8, 4) is 0 Å². The smallest absolute Gasteiger partial charge is 0.0525 e. The zero-order valence-corrected chi connectivity index (χ0v) is 17.5. The van der Waals surface area contributed by atoms with Crippen LogP contribution in [-0.2, 0) is 4.74 Å². The van der Waals surface area contributed by atoms with Crippen LogP contribution in [0.25, 0.3) is 6.08 Å². The van der Waals surface area contributed by atoms with E-state index in [2.05, 4.69) is 44.0 Å². The second-order valence-electron chi connectivity index (χ2n) is 7.77. The van der Waals surface area contributed by atoms with Gasteiger partial charge in [-0.25, -0.2) is 0 Å². The lowest BCUT2D eigenvalue weighted by atomic mass is 9.89. The average Bonchev–Trinajstić information content (AvgIpc) is 3.16. The lowest BCUT2D eigenvalue weighted by Crippen LogP contribution is -2.19. The Kier molecular flexibility index (Phi) is 9.57. The summed E-state index contributed by atoms with van der Waals surface area (Å²) in [7, 11) is 0. The molecule has 0 saturated heterocycles. The summed E-state index contributed by atoms with van der Waals surface area (Å²) in [6, 6.07) is 18.3. The Morgan fingerprint density at radius 3 is 2.43 bits per heavy atom. The van der Waals surface area contributed by atoms with Crippen LogP contribution in [0.5, 0.6) is 0 Å². The first kappa shape index (κ1) is 22.0. The Labute approximate surface area is 172 Å². The second kappa shape index (κ2) is 12.2. The molecule has 0 saturated carbocycles. The number of nitrogens with one attached hydrogen (secondary N) is 1. The van der Waals surface area contributed by atoms with Crippen LogP contribution in [0.2, 0.25) is 0 Å². The number of unbranched alkanes of at least 4 members (excludes halogenated alkanes) is 2. The fourth-order valence-corrected chi connectivity index (χ4v) is 3.14. The number of rotatable bonds is 9. The highest BCUT2D eigenvalue weighted by Gasteiger charge is 2.24. The summed E-state index contributed by atoms with van der Waals surface area (Å²) in [5.41, 5.74) is 3.71. The number of anilines is 2. The van der Waals surface area contributed by atoms with Crippen molar-refractivity contribution in [3.05, 3.63) is 78.9 Å². The van der Waals surface area contributed by atoms with Gasteiger partial charge in [0.15, 0.2) is 0 Å². The minimum absolute atomic E-state index is 0. The fraction of sp³-hybridized carbons (Fsp3) is 0.385. The van der Waals surface area contributed by atoms with Gasteiger partial charge in [0.1, 0.15) is 0 Å². The summed E-state index contributed by atoms with van der Waals surface area (Å²) in [4.78, 5) is 0. The van der Waals surface area contributed by atoms with E-state index in [9.17, 15) is 0 Å². The van der Waals surface area contributed by atoms with E-state index in [0.29, 0.717) is 5.41 Å². The average molecular weight is 380 g/mol. The van der Waals surface area contributed by atoms with Crippen LogP contribution in [0, 0.1) is 5.41 Å². The molecule has 0 bridgehead atoms. The maximum atomic E-state index is 5.68. The van der Waals surface area contributed by atoms with Crippen molar-refractivity contribution in [2.75, 3.05) is 18.5 Å². The zero-order chi connectivity index (χ0) is 20.1. The van der Waals surface area contributed by atoms with Gasteiger partial charge in [0.25, 0.3) is 0 Å². The standard InChI is InChI=1S/C14H13N.C12H22O.H2/c1-2-12-7-6-10-14(11-12)15-13-8-4-3-5-9-13;1-3-4-7-10-13-11-12(2)8-5-6-9-12;/h2-11,15H,1H2;5-6H,3-4,7-11H2,1-2H3;1H. The van der Waals surface area contributed by atoms with Gasteiger partial charge in [-0.1, -0.05) is 81.8 Å². The molecule has 2 aromatic carbocycles. The van der Waals surface area contributed by atoms with Crippen molar-refractivity contribution in [2.24, 2.45) is 5.41 Å². The molecule has 152 valence electrons. The van der Waals surface area contributed by atoms with Gasteiger partial charge in [-0.15, -0.1) is 0 Å². The molecule has 28 heavy (non-hydrogen) atoms. The van der Waals surface area contributed by atoms with Crippen molar-refractivity contribution < 1.29 is 6.16 Å². The summed E-state index contributed by atoms with van der Waals surface area (Å²) in [6.45, 7) is 10.2. The Hall–Kier alpha value is -2.32. The van der Waals surface area contributed by atoms with Crippen LogP contribution in [0.1, 0.15) is 52.9 Å². The molecule has 2 heteroatoms. The molecule has 0 atom stereocenters. The second-order valence-corrected chi connectivity index (χ2v) is 7.77. The maximum Gasteiger partial charge on any atom is 0.0525 e. The van der Waals surface area contributed by atoms with E-state index in [1.807, 2.05) is 54.6 Å². The minimum Gasteiger partial charge on any atom is -0.381 e. The predicted molar refractivity (Wildman–Crippen MR) is 125 cm³/mol. The number of allylic oxidation sites excluding steroid dienone is 2. The number of ether oxygens (including phenoxy) is 1. The van der Waals surface area contributed by atoms with Crippen LogP contribution in [0.15, 0.2) is 73.3 Å². The molecule has 0 heterocycles. The van der Waals surface area contributed by atoms with Gasteiger partial charge in [0, 0.05) is 19.4 Å². The molecule has 0 amide bonds. The number of benzene rings is 2. The van der Waals surface area contributed by atoms with E-state index >= 15 is 0 Å². The molecule has 0 unspecified atom stereocenters. The van der Waals surface area contributed by atoms with E-state index in [1.165, 1.54) is 32.1 Å². The van der Waals surface area contributed by atoms with Gasteiger partial charge in [-0.2, -0.15) is 0 Å². The van der Waals surface area contributed by atoms with Crippen LogP contribution >= 0.6 is 0 Å². The Balaban J connectivity index is 0.000000284. The summed E-state index contributed by atoms with van der Waals surface area (Å²) >= 11 is 0. The normalized spacial score (nSPS) is 14.2. The SMILES string of the molecule is C=Cc1cccc(Nc2ccccc2)c1.CCCCCOCC1(C)CC=CC1.[HH]. The molecular weight excluding hydrogens is 342 g/mol. The summed E-state index contributed by atoms with van der Waals surface area (Å²) in [6.07, 6.45) is 12.6. The van der Waals surface area contributed by atoms with E-state index in [1.54, 1.807) is 0 Å². The van der Waals surface area contributed by atoms with Gasteiger partial charge in [0.05, 0.1) is 6.61 Å². The molecule has 1 aliphatic rings. The van der Waals surface area contributed by atoms with Gasteiger partial charge in [-0.3, -0.25) is 0 Å². The van der Waals surface area contributed by atoms with Crippen molar-refractivity contribution in [2.45, 2.75) is 46.0 Å². The van der Waals surface area contributed by atoms with Crippen molar-refractivity contribution in [1.29, 1.82) is 0 Å². The Morgan fingerprint density at radius 1 is 1.04 bits per heavy atom. The van der Waals surface area contributed by atoms with Gasteiger partial charge in [-0.05, 0) is 54.5 Å². The van der Waals surface area contributed by atoms with Gasteiger partial charge in [0.2, 0.25) is 0 Å². The molecule has 0 radical (unpaired) electrons. The maximum absolute atomic E-state index is 5.68. The minimum atomic E-state index is 0. The van der Waals surface area contributed by atoms with Gasteiger partial charge >= 0.3 is 0 Å². The lowest BCUT2D eigenvalue weighted by molar-refractivity contribution is 0.0572. The first-order chi connectivity index (χ1) is 13.6. The molecule has 0 aliphatic heterocycles. The molecule has 1 N–H and O–H groups in total. The molecule has 2 nitrogen and oxygen atoms in total. The fourth-order valence-electron chi connectivity index (χ4n) is 3.14. The van der Waals surface area contributed by atoms with E-state index in [0.717, 1.165) is 30.2 Å². The molecule has 3 rings (SSSR count). The highest BCUT2D eigenvalue weighted by atomic mass is 16.5. The van der Waals surface area contributed by atoms with E-state index < -0.39 is 0 Å². The van der Waals surface area contributed by atoms with Gasteiger partial charge < -0.3 is 10.1 Å². The molecule has 2 aromatic rings. The van der Waals surface area contributed by atoms with Crippen molar-refractivity contribution in [1.82, 2.24) is 0 Å². The third-order valence-corrected chi connectivity index (χ3v) is 4.92. The number of hydrogen-bond donors (Lipinski definition) is 1. The third-order valence-electron chi connectivity index (χ3n) is 4.92. The molecular formula is C26H37NO. The lowest BCUT2D eigenvalue weighted by Gasteiger charge is -2.23. The molecule has 0 spiro atoms. The van der Waals surface area contributed by atoms with Crippen LogP contribution in [-0.4, -0.2) is 13.2 Å². The largest absolute Gasteiger partial charge is 0.381 e. The number of para-hydroxylation sites is 1. The van der Waals surface area contributed by atoms with Crippen molar-refractivity contribution in [3.63, 3.8) is 0 Å². The molecule has 0 fully saturated rings. The Bertz CT molecular complexity index is 718. The van der Waals surface area contributed by atoms with Crippen LogP contribution in [0.4, 0.5) is 11.4 Å². The summed E-state index contributed by atoms with van der Waals surface area (Å²) < 4.78 is 5.68. The van der Waals surface area contributed by atoms with Crippen LogP contribution < -0.4 is 5.32 Å². The molecule has 1 aliphatic carbocycles. The predicted octanol–water partition coefficient (Wildman–Crippen LogP) is 7.87. The quantitative estimate of drug-likeness (QED) is 0.353. The topological polar surface area (TPSA) is 21.3 Å². The number of hydrogen-bond acceptors (Lipinski definition) is 2. The Morgan fingerprint density at radius 2 is 1.75 bits per heavy atom. The molecule has 0 aromatic heterocycles. The highest BCUT2D eigenvalue weighted by Crippen LogP contribution is 2.32. The van der Waals surface area contributed by atoms with E-state index in [-0.39, 0.29) is 1.43 Å². The summed E-state index contributed by atoms with van der Waals surface area (Å²) in [5.74, 6) is 0. The van der Waals surface area contributed by atoms with E-state index in [4.69, 9.17) is 4.74 Å². The monoisotopic (exact) mass is 379 g/mol. The summed E-state index contributed by atoms with van der Waals surface area (Å²) in [5, 5.41) is 3.33. The first-order valence-electron chi connectivity index (χ1n) is 10.4. The zero-order valence-electron chi connectivity index (χ0n) is 17.5.